The Morgan fingerprint density at radius 3 is 1.29 bits per heavy atom. The molecule has 0 saturated heterocycles. The van der Waals surface area contributed by atoms with Gasteiger partial charge in [-0.25, -0.2) is 0 Å². The van der Waals surface area contributed by atoms with E-state index in [1.807, 2.05) is 0 Å². The highest BCUT2D eigenvalue weighted by molar-refractivity contribution is 5.66. The molecule has 0 heterocycles. The Bertz CT molecular complexity index is 239. The van der Waals surface area contributed by atoms with E-state index in [0.717, 1.165) is 32.0 Å². The Kier molecular flexibility index (Phi) is 16.5. The zero-order valence-corrected chi connectivity index (χ0v) is 13.7. The van der Waals surface area contributed by atoms with E-state index in [9.17, 15) is 9.59 Å². The second kappa shape index (κ2) is 17.2. The van der Waals surface area contributed by atoms with Gasteiger partial charge in [0.15, 0.2) is 0 Å². The maximum Gasteiger partial charge on any atom is 0.303 e. The van der Waals surface area contributed by atoms with Gasteiger partial charge in [-0.2, -0.15) is 0 Å². The number of carboxylic acid groups (broad SMARTS) is 1. The Morgan fingerprint density at radius 1 is 0.619 bits per heavy atom. The Hall–Kier alpha value is -0.860. The minimum absolute atomic E-state index is 0.329. The van der Waals surface area contributed by atoms with Crippen molar-refractivity contribution in [3.8, 4) is 0 Å². The lowest BCUT2D eigenvalue weighted by atomic mass is 10.0. The Labute approximate surface area is 130 Å². The van der Waals surface area contributed by atoms with Crippen molar-refractivity contribution >= 4 is 12.3 Å². The summed E-state index contributed by atoms with van der Waals surface area (Å²) < 4.78 is 0. The molecule has 1 N–H and O–H groups in total. The van der Waals surface area contributed by atoms with E-state index in [0.29, 0.717) is 6.42 Å². The standard InChI is InChI=1S/C18H34O3/c19-17-15-13-11-9-7-5-3-1-2-4-6-8-10-12-14-16-18(20)21/h17H,1-16H2,(H,20,21). The van der Waals surface area contributed by atoms with Gasteiger partial charge >= 0.3 is 5.97 Å². The van der Waals surface area contributed by atoms with Crippen LogP contribution >= 0.6 is 0 Å². The molecule has 3 nitrogen and oxygen atoms in total. The molecule has 0 aliphatic rings. The molecule has 0 fully saturated rings. The first kappa shape index (κ1) is 20.1. The van der Waals surface area contributed by atoms with Crippen molar-refractivity contribution in [2.75, 3.05) is 0 Å². The van der Waals surface area contributed by atoms with Crippen LogP contribution in [0.4, 0.5) is 0 Å². The quantitative estimate of drug-likeness (QED) is 0.284. The van der Waals surface area contributed by atoms with Gasteiger partial charge in [-0.05, 0) is 12.8 Å². The number of hydrogen-bond acceptors (Lipinski definition) is 2. The van der Waals surface area contributed by atoms with Gasteiger partial charge in [0.1, 0.15) is 6.29 Å². The summed E-state index contributed by atoms with van der Waals surface area (Å²) in [6.07, 6.45) is 19.3. The molecule has 0 atom stereocenters. The Balaban J connectivity index is 2.96. The number of unbranched alkanes of at least 4 members (excludes halogenated alkanes) is 14. The first-order valence-corrected chi connectivity index (χ1v) is 8.93. The third-order valence-corrected chi connectivity index (χ3v) is 3.96. The lowest BCUT2D eigenvalue weighted by Crippen LogP contribution is -1.93. The van der Waals surface area contributed by atoms with Crippen molar-refractivity contribution in [1.82, 2.24) is 0 Å². The zero-order chi connectivity index (χ0) is 15.6. The van der Waals surface area contributed by atoms with Crippen LogP contribution in [0.25, 0.3) is 0 Å². The average molecular weight is 298 g/mol. The summed E-state index contributed by atoms with van der Waals surface area (Å²) in [5, 5.41) is 8.51. The fraction of sp³-hybridized carbons (Fsp3) is 0.889. The third-order valence-electron chi connectivity index (χ3n) is 3.96. The molecule has 0 aromatic heterocycles. The van der Waals surface area contributed by atoms with Gasteiger partial charge in [0.05, 0.1) is 0 Å². The van der Waals surface area contributed by atoms with E-state index in [1.54, 1.807) is 0 Å². The van der Waals surface area contributed by atoms with Crippen LogP contribution in [-0.2, 0) is 9.59 Å². The van der Waals surface area contributed by atoms with Crippen LogP contribution in [-0.4, -0.2) is 17.4 Å². The minimum atomic E-state index is -0.668. The maximum absolute atomic E-state index is 10.3. The lowest BCUT2D eigenvalue weighted by Gasteiger charge is -2.03. The molecule has 0 rings (SSSR count). The Morgan fingerprint density at radius 2 is 0.952 bits per heavy atom. The van der Waals surface area contributed by atoms with Gasteiger partial charge in [-0.1, -0.05) is 77.0 Å². The minimum Gasteiger partial charge on any atom is -0.481 e. The highest BCUT2D eigenvalue weighted by Gasteiger charge is 1.97. The molecule has 0 aliphatic carbocycles. The number of aldehydes is 1. The molecule has 0 aromatic carbocycles. The normalized spacial score (nSPS) is 10.7. The first-order chi connectivity index (χ1) is 10.3. The molecular weight excluding hydrogens is 264 g/mol. The summed E-state index contributed by atoms with van der Waals surface area (Å²) in [6, 6.07) is 0. The van der Waals surface area contributed by atoms with Crippen LogP contribution < -0.4 is 0 Å². The first-order valence-electron chi connectivity index (χ1n) is 8.93. The van der Waals surface area contributed by atoms with Crippen LogP contribution in [0.15, 0.2) is 0 Å². The molecular formula is C18H34O3. The SMILES string of the molecule is O=CCCCCCCCCCCCCCCCCC(=O)O. The number of carbonyl (C=O) groups is 2. The van der Waals surface area contributed by atoms with Crippen molar-refractivity contribution < 1.29 is 14.7 Å². The molecule has 0 aromatic rings. The summed E-state index contributed by atoms with van der Waals surface area (Å²) in [6.45, 7) is 0. The lowest BCUT2D eigenvalue weighted by molar-refractivity contribution is -0.137. The van der Waals surface area contributed by atoms with Gasteiger partial charge in [-0.15, -0.1) is 0 Å². The van der Waals surface area contributed by atoms with Crippen LogP contribution in [0, 0.1) is 0 Å². The van der Waals surface area contributed by atoms with Crippen molar-refractivity contribution in [1.29, 1.82) is 0 Å². The predicted octanol–water partition coefficient (Wildman–Crippen LogP) is 5.51. The topological polar surface area (TPSA) is 54.4 Å². The molecule has 0 saturated carbocycles. The summed E-state index contributed by atoms with van der Waals surface area (Å²) in [7, 11) is 0. The summed E-state index contributed by atoms with van der Waals surface area (Å²) in [5.41, 5.74) is 0. The van der Waals surface area contributed by atoms with E-state index < -0.39 is 5.97 Å². The molecule has 124 valence electrons. The fourth-order valence-corrected chi connectivity index (χ4v) is 2.63. The average Bonchev–Trinajstić information content (AvgIpc) is 2.46. The van der Waals surface area contributed by atoms with E-state index in [4.69, 9.17) is 5.11 Å². The molecule has 0 radical (unpaired) electrons. The zero-order valence-electron chi connectivity index (χ0n) is 13.7. The van der Waals surface area contributed by atoms with E-state index in [2.05, 4.69) is 0 Å². The molecule has 3 heteroatoms. The van der Waals surface area contributed by atoms with Gasteiger partial charge in [0, 0.05) is 12.8 Å². The largest absolute Gasteiger partial charge is 0.481 e. The van der Waals surface area contributed by atoms with Crippen molar-refractivity contribution in [2.24, 2.45) is 0 Å². The number of rotatable bonds is 17. The van der Waals surface area contributed by atoms with Gasteiger partial charge in [-0.3, -0.25) is 4.79 Å². The van der Waals surface area contributed by atoms with E-state index in [-0.39, 0.29) is 0 Å². The second-order valence-electron chi connectivity index (χ2n) is 6.05. The van der Waals surface area contributed by atoms with Crippen molar-refractivity contribution in [2.45, 2.75) is 103 Å². The molecule has 0 aliphatic heterocycles. The predicted molar refractivity (Wildman–Crippen MR) is 87.6 cm³/mol. The van der Waals surface area contributed by atoms with Gasteiger partial charge in [0.25, 0.3) is 0 Å². The smallest absolute Gasteiger partial charge is 0.303 e. The highest BCUT2D eigenvalue weighted by atomic mass is 16.4. The molecule has 0 spiro atoms. The molecule has 0 amide bonds. The van der Waals surface area contributed by atoms with Crippen LogP contribution in [0.5, 0.6) is 0 Å². The van der Waals surface area contributed by atoms with Crippen LogP contribution in [0.3, 0.4) is 0 Å². The van der Waals surface area contributed by atoms with Crippen LogP contribution in [0.1, 0.15) is 103 Å². The number of carbonyl (C=O) groups excluding carboxylic acids is 1. The highest BCUT2D eigenvalue weighted by Crippen LogP contribution is 2.13. The number of hydrogen-bond donors (Lipinski definition) is 1. The van der Waals surface area contributed by atoms with E-state index in [1.165, 1.54) is 70.6 Å². The summed E-state index contributed by atoms with van der Waals surface area (Å²) >= 11 is 0. The third kappa shape index (κ3) is 19.1. The molecule has 0 unspecified atom stereocenters. The van der Waals surface area contributed by atoms with Gasteiger partial charge in [0.2, 0.25) is 0 Å². The second-order valence-corrected chi connectivity index (χ2v) is 6.05. The monoisotopic (exact) mass is 298 g/mol. The summed E-state index contributed by atoms with van der Waals surface area (Å²) in [5.74, 6) is -0.668. The van der Waals surface area contributed by atoms with E-state index >= 15 is 0 Å². The fourth-order valence-electron chi connectivity index (χ4n) is 2.63. The molecule has 21 heavy (non-hydrogen) atoms. The van der Waals surface area contributed by atoms with Gasteiger partial charge < -0.3 is 9.90 Å². The van der Waals surface area contributed by atoms with Crippen molar-refractivity contribution in [3.05, 3.63) is 0 Å². The maximum atomic E-state index is 10.3. The number of aliphatic carboxylic acids is 1. The van der Waals surface area contributed by atoms with Crippen molar-refractivity contribution in [3.63, 3.8) is 0 Å². The van der Waals surface area contributed by atoms with Crippen LogP contribution in [0.2, 0.25) is 0 Å². The summed E-state index contributed by atoms with van der Waals surface area (Å²) in [4.78, 5) is 20.5. The number of carboxylic acids is 1. The molecule has 0 bridgehead atoms.